The topological polar surface area (TPSA) is 150 Å². The lowest BCUT2D eigenvalue weighted by atomic mass is 9.98. The first kappa shape index (κ1) is 27.6. The molecule has 1 aromatic rings. The number of carbonyl (C=O) groups is 5. The molecule has 192 valence electrons. The van der Waals surface area contributed by atoms with E-state index >= 15 is 0 Å². The minimum atomic E-state index is -1.42. The molecule has 1 aliphatic heterocycles. The van der Waals surface area contributed by atoms with Crippen LogP contribution >= 0.6 is 0 Å². The quantitative estimate of drug-likeness (QED) is 0.261. The molecular weight excluding hydrogens is 468 g/mol. The van der Waals surface area contributed by atoms with Crippen LogP contribution in [0.2, 0.25) is 0 Å². The van der Waals surface area contributed by atoms with Gasteiger partial charge in [0.25, 0.3) is 0 Å². The maximum Gasteiger partial charge on any atom is 0.303 e. The van der Waals surface area contributed by atoms with Crippen LogP contribution in [0.25, 0.3) is 0 Å². The van der Waals surface area contributed by atoms with Crippen LogP contribution in [0, 0.1) is 0 Å². The molecule has 1 heterocycles. The van der Waals surface area contributed by atoms with Gasteiger partial charge in [0.1, 0.15) is 19.0 Å². The molecule has 12 nitrogen and oxygen atoms in total. The zero-order valence-electron chi connectivity index (χ0n) is 20.0. The van der Waals surface area contributed by atoms with Crippen LogP contribution in [-0.4, -0.2) is 74.1 Å². The summed E-state index contributed by atoms with van der Waals surface area (Å²) < 4.78 is 38.4. The highest BCUT2D eigenvalue weighted by molar-refractivity contribution is 5.76. The number of carbonyl (C=O) groups excluding carboxylic acids is 5. The molecule has 1 aromatic carbocycles. The number of hydrogen-bond donors (Lipinski definition) is 0. The first-order valence-corrected chi connectivity index (χ1v) is 10.7. The lowest BCUT2D eigenvalue weighted by molar-refractivity contribution is -0.288. The Morgan fingerprint density at radius 3 is 2.00 bits per heavy atom. The average Bonchev–Trinajstić information content (AvgIpc) is 2.76. The molecule has 2 unspecified atom stereocenters. The standard InChI is InChI=1S/C23H28O12/c1-6-29-18-9-16(10-24)7-8-17(18)34-23-22(33-15(5)28)21(32-14(4)27)20(31-13(3)26)19(35-23)11-30-12(2)25/h7-10,19-23H,6,11H2,1-5H3/t19?,20-,21?,22+,23-/m1/s1. The van der Waals surface area contributed by atoms with Crippen LogP contribution in [0.4, 0.5) is 0 Å². The van der Waals surface area contributed by atoms with Crippen molar-refractivity contribution in [2.75, 3.05) is 13.2 Å². The van der Waals surface area contributed by atoms with Crippen molar-refractivity contribution in [1.29, 1.82) is 0 Å². The highest BCUT2D eigenvalue weighted by atomic mass is 16.7. The molecule has 1 aliphatic rings. The van der Waals surface area contributed by atoms with Crippen LogP contribution < -0.4 is 9.47 Å². The van der Waals surface area contributed by atoms with Gasteiger partial charge in [-0.05, 0) is 25.1 Å². The zero-order chi connectivity index (χ0) is 26.1. The second kappa shape index (κ2) is 12.7. The maximum atomic E-state index is 11.9. The van der Waals surface area contributed by atoms with Gasteiger partial charge in [-0.1, -0.05) is 0 Å². The smallest absolute Gasteiger partial charge is 0.303 e. The Labute approximate surface area is 201 Å². The van der Waals surface area contributed by atoms with Gasteiger partial charge in [-0.2, -0.15) is 0 Å². The number of hydrogen-bond acceptors (Lipinski definition) is 12. The molecule has 35 heavy (non-hydrogen) atoms. The predicted molar refractivity (Wildman–Crippen MR) is 116 cm³/mol. The fourth-order valence-corrected chi connectivity index (χ4v) is 3.37. The van der Waals surface area contributed by atoms with Crippen LogP contribution in [0.15, 0.2) is 18.2 Å². The fraction of sp³-hybridized carbons (Fsp3) is 0.522. The molecule has 0 spiro atoms. The second-order valence-corrected chi connectivity index (χ2v) is 7.44. The highest BCUT2D eigenvalue weighted by Gasteiger charge is 2.53. The SMILES string of the molecule is CCOc1cc(C=O)ccc1O[C@@H]1OC(COC(C)=O)[C@@H](OC(C)=O)C(OC(C)=O)[C@@H]1OC(C)=O. The van der Waals surface area contributed by atoms with Gasteiger partial charge < -0.3 is 33.2 Å². The van der Waals surface area contributed by atoms with Gasteiger partial charge in [-0.3, -0.25) is 24.0 Å². The average molecular weight is 496 g/mol. The van der Waals surface area contributed by atoms with Gasteiger partial charge in [-0.15, -0.1) is 0 Å². The minimum absolute atomic E-state index is 0.123. The number of benzene rings is 1. The Morgan fingerprint density at radius 2 is 1.46 bits per heavy atom. The van der Waals surface area contributed by atoms with E-state index in [0.29, 0.717) is 11.8 Å². The number of esters is 4. The van der Waals surface area contributed by atoms with Gasteiger partial charge in [0.15, 0.2) is 23.7 Å². The van der Waals surface area contributed by atoms with E-state index < -0.39 is 54.6 Å². The molecule has 0 aliphatic carbocycles. The van der Waals surface area contributed by atoms with E-state index in [2.05, 4.69) is 0 Å². The minimum Gasteiger partial charge on any atom is -0.490 e. The van der Waals surface area contributed by atoms with Crippen LogP contribution in [-0.2, 0) is 42.9 Å². The molecule has 1 fully saturated rings. The normalized spacial score (nSPS) is 23.4. The molecule has 0 aromatic heterocycles. The molecule has 1 saturated heterocycles. The van der Waals surface area contributed by atoms with Crippen LogP contribution in [0.3, 0.4) is 0 Å². The summed E-state index contributed by atoms with van der Waals surface area (Å²) in [4.78, 5) is 58.2. The summed E-state index contributed by atoms with van der Waals surface area (Å²) in [6.07, 6.45) is -6.02. The van der Waals surface area contributed by atoms with Crippen molar-refractivity contribution in [2.24, 2.45) is 0 Å². The molecule has 0 bridgehead atoms. The van der Waals surface area contributed by atoms with Crippen molar-refractivity contribution in [3.63, 3.8) is 0 Å². The van der Waals surface area contributed by atoms with Crippen LogP contribution in [0.1, 0.15) is 45.0 Å². The van der Waals surface area contributed by atoms with Crippen molar-refractivity contribution >= 4 is 30.2 Å². The fourth-order valence-electron chi connectivity index (χ4n) is 3.37. The summed E-state index contributed by atoms with van der Waals surface area (Å²) in [5.41, 5.74) is 0.322. The molecule has 0 radical (unpaired) electrons. The molecule has 0 saturated carbocycles. The second-order valence-electron chi connectivity index (χ2n) is 7.44. The van der Waals surface area contributed by atoms with E-state index in [1.54, 1.807) is 6.92 Å². The monoisotopic (exact) mass is 496 g/mol. The van der Waals surface area contributed by atoms with Gasteiger partial charge >= 0.3 is 23.9 Å². The molecule has 5 atom stereocenters. The van der Waals surface area contributed by atoms with Gasteiger partial charge in [0.2, 0.25) is 12.4 Å². The first-order chi connectivity index (χ1) is 16.5. The van der Waals surface area contributed by atoms with E-state index in [9.17, 15) is 24.0 Å². The Morgan fingerprint density at radius 1 is 0.857 bits per heavy atom. The van der Waals surface area contributed by atoms with E-state index in [4.69, 9.17) is 33.2 Å². The number of aldehydes is 1. The van der Waals surface area contributed by atoms with E-state index in [1.807, 2.05) is 0 Å². The molecule has 2 rings (SSSR count). The van der Waals surface area contributed by atoms with Gasteiger partial charge in [0, 0.05) is 33.3 Å². The van der Waals surface area contributed by atoms with Gasteiger partial charge in [-0.25, -0.2) is 0 Å². The Kier molecular flexibility index (Phi) is 10.0. The summed E-state index contributed by atoms with van der Waals surface area (Å²) in [5, 5.41) is 0. The predicted octanol–water partition coefficient (Wildman–Crippen LogP) is 1.36. The molecule has 0 N–H and O–H groups in total. The third-order valence-corrected chi connectivity index (χ3v) is 4.60. The lowest BCUT2D eigenvalue weighted by Gasteiger charge is -2.44. The Balaban J connectivity index is 2.52. The molecule has 12 heteroatoms. The van der Waals surface area contributed by atoms with E-state index in [1.165, 1.54) is 25.1 Å². The summed E-state index contributed by atoms with van der Waals surface area (Å²) in [7, 11) is 0. The van der Waals surface area contributed by atoms with Crippen molar-refractivity contribution < 1.29 is 57.1 Å². The number of rotatable bonds is 10. The number of ether oxygens (including phenoxy) is 7. The largest absolute Gasteiger partial charge is 0.490 e. The molecule has 0 amide bonds. The molecular formula is C23H28O12. The Hall–Kier alpha value is -3.67. The van der Waals surface area contributed by atoms with E-state index in [-0.39, 0.29) is 24.7 Å². The van der Waals surface area contributed by atoms with Crippen molar-refractivity contribution in [1.82, 2.24) is 0 Å². The summed E-state index contributed by atoms with van der Waals surface area (Å²) in [6, 6.07) is 4.36. The summed E-state index contributed by atoms with van der Waals surface area (Å²) in [5.74, 6) is -2.58. The van der Waals surface area contributed by atoms with Crippen molar-refractivity contribution in [3.05, 3.63) is 23.8 Å². The highest BCUT2D eigenvalue weighted by Crippen LogP contribution is 2.34. The summed E-state index contributed by atoms with van der Waals surface area (Å²) >= 11 is 0. The van der Waals surface area contributed by atoms with Crippen molar-refractivity contribution in [2.45, 2.75) is 65.3 Å². The van der Waals surface area contributed by atoms with E-state index in [0.717, 1.165) is 20.8 Å². The first-order valence-electron chi connectivity index (χ1n) is 10.7. The maximum absolute atomic E-state index is 11.9. The third-order valence-electron chi connectivity index (χ3n) is 4.60. The lowest BCUT2D eigenvalue weighted by Crippen LogP contribution is -2.63. The zero-order valence-corrected chi connectivity index (χ0v) is 20.0. The Bertz CT molecular complexity index is 942. The van der Waals surface area contributed by atoms with Gasteiger partial charge in [0.05, 0.1) is 6.61 Å². The van der Waals surface area contributed by atoms with Crippen LogP contribution in [0.5, 0.6) is 11.5 Å². The van der Waals surface area contributed by atoms with Crippen molar-refractivity contribution in [3.8, 4) is 11.5 Å². The summed E-state index contributed by atoms with van der Waals surface area (Å²) in [6.45, 7) is 6.13. The third kappa shape index (κ3) is 7.95.